The smallest absolute Gasteiger partial charge is 0.282 e. The van der Waals surface area contributed by atoms with Gasteiger partial charge in [-0.1, -0.05) is 29.5 Å². The topological polar surface area (TPSA) is 98.0 Å². The number of aromatic nitrogens is 5. The summed E-state index contributed by atoms with van der Waals surface area (Å²) in [5.41, 5.74) is 0.909. The molecule has 0 aliphatic carbocycles. The van der Waals surface area contributed by atoms with Gasteiger partial charge >= 0.3 is 0 Å². The molecule has 4 aromatic rings. The van der Waals surface area contributed by atoms with Crippen LogP contribution in [-0.4, -0.2) is 31.5 Å². The molecule has 8 nitrogen and oxygen atoms in total. The van der Waals surface area contributed by atoms with E-state index in [0.717, 1.165) is 11.4 Å². The lowest BCUT2D eigenvalue weighted by atomic mass is 10.2. The number of fused-ring (bicyclic) bond motifs is 2. The Morgan fingerprint density at radius 3 is 2.48 bits per heavy atom. The predicted octanol–water partition coefficient (Wildman–Crippen LogP) is 0.0905. The van der Waals surface area contributed by atoms with Crippen molar-refractivity contribution in [1.82, 2.24) is 25.0 Å². The molecule has 0 amide bonds. The first kappa shape index (κ1) is 17.0. The Hall–Kier alpha value is -3.39. The molecule has 8 heteroatoms. The summed E-state index contributed by atoms with van der Waals surface area (Å²) >= 11 is 0. The van der Waals surface area contributed by atoms with E-state index in [4.69, 9.17) is 0 Å². The molecule has 2 N–H and O–H groups in total. The molecule has 0 radical (unpaired) electrons. The fourth-order valence-electron chi connectivity index (χ4n) is 3.09. The first-order chi connectivity index (χ1) is 13.2. The van der Waals surface area contributed by atoms with Gasteiger partial charge in [-0.05, 0) is 31.2 Å². The van der Waals surface area contributed by atoms with Crippen molar-refractivity contribution in [3.8, 4) is 0 Å². The molecule has 0 spiro atoms. The number of H-pyrrole nitrogens is 1. The van der Waals surface area contributed by atoms with E-state index in [-0.39, 0.29) is 11.1 Å². The van der Waals surface area contributed by atoms with E-state index in [1.807, 2.05) is 37.3 Å². The Kier molecular flexibility index (Phi) is 4.47. The van der Waals surface area contributed by atoms with Crippen LogP contribution in [0, 0.1) is 0 Å². The van der Waals surface area contributed by atoms with Crippen LogP contribution < -0.4 is 16.0 Å². The molecule has 0 aliphatic rings. The predicted molar refractivity (Wildman–Crippen MR) is 101 cm³/mol. The number of hydrogen-bond donors (Lipinski definition) is 2. The van der Waals surface area contributed by atoms with Crippen molar-refractivity contribution < 1.29 is 4.90 Å². The molecule has 2 aromatic carbocycles. The number of quaternary nitrogens is 1. The van der Waals surface area contributed by atoms with Crippen molar-refractivity contribution in [1.29, 1.82) is 0 Å². The lowest BCUT2D eigenvalue weighted by molar-refractivity contribution is -0.936. The van der Waals surface area contributed by atoms with Crippen molar-refractivity contribution in [3.05, 3.63) is 75.1 Å². The molecule has 1 unspecified atom stereocenters. The summed E-state index contributed by atoms with van der Waals surface area (Å²) in [4.78, 5) is 33.3. The standard InChI is InChI=1S/C19H18N6O2/c1-2-24(11-17-20-15-9-5-3-7-13(15)18(26)21-17)12-25-19(27)14-8-4-6-10-16(14)22-23-25/h3-10H,2,11-12H2,1H3,(H,20,21,26)/p+1. The van der Waals surface area contributed by atoms with Crippen molar-refractivity contribution in [3.63, 3.8) is 0 Å². The van der Waals surface area contributed by atoms with Gasteiger partial charge in [0.2, 0.25) is 0 Å². The van der Waals surface area contributed by atoms with Gasteiger partial charge in [0.15, 0.2) is 12.5 Å². The highest BCUT2D eigenvalue weighted by atomic mass is 16.1. The number of aromatic amines is 1. The SMILES string of the molecule is CC[NH+](Cc1nc2ccccc2c(=O)[nH]1)Cn1nnc2ccccc2c1=O. The molecular formula is C19H19N6O2+. The van der Waals surface area contributed by atoms with Gasteiger partial charge in [-0.3, -0.25) is 9.59 Å². The van der Waals surface area contributed by atoms with Crippen LogP contribution in [0.1, 0.15) is 12.7 Å². The van der Waals surface area contributed by atoms with Crippen molar-refractivity contribution in [2.45, 2.75) is 20.1 Å². The second kappa shape index (κ2) is 7.08. The minimum Gasteiger partial charge on any atom is -0.310 e. The minimum absolute atomic E-state index is 0.159. The maximum Gasteiger partial charge on any atom is 0.282 e. The van der Waals surface area contributed by atoms with Crippen LogP contribution in [0.2, 0.25) is 0 Å². The Morgan fingerprint density at radius 2 is 1.70 bits per heavy atom. The summed E-state index contributed by atoms with van der Waals surface area (Å²) in [5, 5.41) is 9.27. The number of benzene rings is 2. The van der Waals surface area contributed by atoms with E-state index in [0.29, 0.717) is 40.8 Å². The number of para-hydroxylation sites is 1. The van der Waals surface area contributed by atoms with Crippen LogP contribution in [0.4, 0.5) is 0 Å². The molecule has 0 saturated carbocycles. The van der Waals surface area contributed by atoms with Crippen LogP contribution in [0.3, 0.4) is 0 Å². The zero-order valence-electron chi connectivity index (χ0n) is 14.8. The molecule has 2 aromatic heterocycles. The highest BCUT2D eigenvalue weighted by Gasteiger charge is 2.14. The average Bonchev–Trinajstić information content (AvgIpc) is 2.69. The summed E-state index contributed by atoms with van der Waals surface area (Å²) in [6, 6.07) is 14.4. The molecule has 0 bridgehead atoms. The molecule has 136 valence electrons. The van der Waals surface area contributed by atoms with Gasteiger partial charge in [-0.15, -0.1) is 5.10 Å². The van der Waals surface area contributed by atoms with E-state index in [9.17, 15) is 9.59 Å². The average molecular weight is 363 g/mol. The van der Waals surface area contributed by atoms with Gasteiger partial charge in [0, 0.05) is 0 Å². The van der Waals surface area contributed by atoms with Crippen molar-refractivity contribution in [2.24, 2.45) is 0 Å². The minimum atomic E-state index is -0.175. The third kappa shape index (κ3) is 3.34. The Labute approximate surface area is 154 Å². The Balaban J connectivity index is 1.63. The molecule has 4 rings (SSSR count). The Bertz CT molecular complexity index is 1230. The highest BCUT2D eigenvalue weighted by molar-refractivity contribution is 5.77. The number of nitrogens with zero attached hydrogens (tertiary/aromatic N) is 4. The van der Waals surface area contributed by atoms with Crippen molar-refractivity contribution >= 4 is 21.8 Å². The number of rotatable bonds is 5. The van der Waals surface area contributed by atoms with Gasteiger partial charge in [0.25, 0.3) is 11.1 Å². The zero-order chi connectivity index (χ0) is 18.8. The van der Waals surface area contributed by atoms with Gasteiger partial charge < -0.3 is 9.88 Å². The van der Waals surface area contributed by atoms with Crippen molar-refractivity contribution in [2.75, 3.05) is 6.54 Å². The summed E-state index contributed by atoms with van der Waals surface area (Å²) in [7, 11) is 0. The normalized spacial score (nSPS) is 12.5. The third-order valence-electron chi connectivity index (χ3n) is 4.58. The third-order valence-corrected chi connectivity index (χ3v) is 4.58. The van der Waals surface area contributed by atoms with Gasteiger partial charge in [-0.25, -0.2) is 4.98 Å². The van der Waals surface area contributed by atoms with Crippen LogP contribution in [0.5, 0.6) is 0 Å². The van der Waals surface area contributed by atoms with Crippen LogP contribution >= 0.6 is 0 Å². The first-order valence-corrected chi connectivity index (χ1v) is 8.79. The first-order valence-electron chi connectivity index (χ1n) is 8.79. The number of nitrogens with one attached hydrogen (secondary N) is 2. The number of hydrogen-bond acceptors (Lipinski definition) is 5. The molecule has 27 heavy (non-hydrogen) atoms. The van der Waals surface area contributed by atoms with E-state index >= 15 is 0 Å². The molecule has 0 fully saturated rings. The fourth-order valence-corrected chi connectivity index (χ4v) is 3.09. The quantitative estimate of drug-likeness (QED) is 0.524. The summed E-state index contributed by atoms with van der Waals surface area (Å²) in [6.45, 7) is 3.55. The zero-order valence-corrected chi connectivity index (χ0v) is 14.8. The van der Waals surface area contributed by atoms with Crippen LogP contribution in [-0.2, 0) is 13.2 Å². The lowest BCUT2D eigenvalue weighted by Crippen LogP contribution is -3.10. The second-order valence-corrected chi connectivity index (χ2v) is 6.38. The largest absolute Gasteiger partial charge is 0.310 e. The fraction of sp³-hybridized carbons (Fsp3) is 0.211. The summed E-state index contributed by atoms with van der Waals surface area (Å²) in [6.07, 6.45) is 0. The molecule has 2 heterocycles. The van der Waals surface area contributed by atoms with Gasteiger partial charge in [-0.2, -0.15) is 4.68 Å². The molecular weight excluding hydrogens is 344 g/mol. The van der Waals surface area contributed by atoms with E-state index in [2.05, 4.69) is 20.3 Å². The molecule has 0 aliphatic heterocycles. The maximum absolute atomic E-state index is 12.6. The van der Waals surface area contributed by atoms with E-state index < -0.39 is 0 Å². The second-order valence-electron chi connectivity index (χ2n) is 6.38. The van der Waals surface area contributed by atoms with Crippen LogP contribution in [0.15, 0.2) is 58.1 Å². The van der Waals surface area contributed by atoms with E-state index in [1.54, 1.807) is 18.2 Å². The van der Waals surface area contributed by atoms with Crippen LogP contribution in [0.25, 0.3) is 21.8 Å². The monoisotopic (exact) mass is 363 g/mol. The Morgan fingerprint density at radius 1 is 1.00 bits per heavy atom. The molecule has 0 saturated heterocycles. The molecule has 1 atom stereocenters. The summed E-state index contributed by atoms with van der Waals surface area (Å²) in [5.74, 6) is 0.581. The van der Waals surface area contributed by atoms with Gasteiger partial charge in [0.05, 0.1) is 22.8 Å². The van der Waals surface area contributed by atoms with E-state index in [1.165, 1.54) is 4.68 Å². The summed E-state index contributed by atoms with van der Waals surface area (Å²) < 4.78 is 1.36. The van der Waals surface area contributed by atoms with Gasteiger partial charge in [0.1, 0.15) is 12.1 Å². The maximum atomic E-state index is 12.6. The highest BCUT2D eigenvalue weighted by Crippen LogP contribution is 2.05. The lowest BCUT2D eigenvalue weighted by Gasteiger charge is -2.17.